The Balaban J connectivity index is 2.13. The summed E-state index contributed by atoms with van der Waals surface area (Å²) < 4.78 is 12.7. The van der Waals surface area contributed by atoms with Crippen molar-refractivity contribution in [3.63, 3.8) is 0 Å². The Hall–Kier alpha value is -2.02. The smallest absolute Gasteiger partial charge is 0.276 e. The largest absolute Gasteiger partial charge is 0.375 e. The van der Waals surface area contributed by atoms with E-state index in [9.17, 15) is 9.18 Å². The Kier molecular flexibility index (Phi) is 2.78. The summed E-state index contributed by atoms with van der Waals surface area (Å²) in [6, 6.07) is 4.13. The lowest BCUT2D eigenvalue weighted by molar-refractivity contribution is 0.102. The summed E-state index contributed by atoms with van der Waals surface area (Å²) in [5.41, 5.74) is 5.57. The molecule has 2 heterocycles. The fraction of sp³-hybridized carbons (Fsp3) is 0. The molecule has 0 aliphatic rings. The zero-order valence-electron chi connectivity index (χ0n) is 7.98. The number of anilines is 2. The monoisotopic (exact) mass is 238 g/mol. The predicted molar refractivity (Wildman–Crippen MR) is 58.7 cm³/mol. The standard InChI is InChI=1S/C9H7FN4OS/c10-6-2-1-3-7(13-6)14-8(15)5-4-16-9(11)12-5/h1-4H,(H2,11,12)(H,13,14,15). The van der Waals surface area contributed by atoms with E-state index >= 15 is 0 Å². The van der Waals surface area contributed by atoms with Gasteiger partial charge in [0.05, 0.1) is 0 Å². The van der Waals surface area contributed by atoms with E-state index in [4.69, 9.17) is 5.73 Å². The van der Waals surface area contributed by atoms with Gasteiger partial charge in [0.25, 0.3) is 5.91 Å². The molecule has 1 amide bonds. The average Bonchev–Trinajstić information content (AvgIpc) is 2.65. The Bertz CT molecular complexity index is 528. The molecule has 0 atom stereocenters. The number of nitrogen functional groups attached to an aromatic ring is 1. The van der Waals surface area contributed by atoms with Crippen molar-refractivity contribution in [1.29, 1.82) is 0 Å². The van der Waals surface area contributed by atoms with E-state index in [2.05, 4.69) is 15.3 Å². The highest BCUT2D eigenvalue weighted by atomic mass is 32.1. The first kappa shape index (κ1) is 10.5. The van der Waals surface area contributed by atoms with Crippen LogP contribution in [0.1, 0.15) is 10.5 Å². The lowest BCUT2D eigenvalue weighted by Crippen LogP contribution is -2.13. The highest BCUT2D eigenvalue weighted by Gasteiger charge is 2.10. The minimum atomic E-state index is -0.657. The van der Waals surface area contributed by atoms with Crippen LogP contribution in [0.25, 0.3) is 0 Å². The maximum Gasteiger partial charge on any atom is 0.276 e. The Morgan fingerprint density at radius 3 is 2.88 bits per heavy atom. The number of hydrogen-bond donors (Lipinski definition) is 2. The molecule has 2 rings (SSSR count). The minimum Gasteiger partial charge on any atom is -0.375 e. The molecule has 0 radical (unpaired) electrons. The number of aromatic nitrogens is 2. The Morgan fingerprint density at radius 1 is 1.44 bits per heavy atom. The molecule has 0 unspecified atom stereocenters. The van der Waals surface area contributed by atoms with Crippen LogP contribution in [0.15, 0.2) is 23.6 Å². The predicted octanol–water partition coefficient (Wildman–Crippen LogP) is 1.51. The average molecular weight is 238 g/mol. The van der Waals surface area contributed by atoms with Gasteiger partial charge in [-0.15, -0.1) is 11.3 Å². The summed E-state index contributed by atoms with van der Waals surface area (Å²) >= 11 is 1.16. The number of carbonyl (C=O) groups excluding carboxylic acids is 1. The summed E-state index contributed by atoms with van der Waals surface area (Å²) in [5.74, 6) is -0.988. The lowest BCUT2D eigenvalue weighted by atomic mass is 10.4. The van der Waals surface area contributed by atoms with Crippen LogP contribution in [0.4, 0.5) is 15.3 Å². The second-order valence-electron chi connectivity index (χ2n) is 2.87. The first-order valence-corrected chi connectivity index (χ1v) is 5.18. The third-order valence-electron chi connectivity index (χ3n) is 1.71. The van der Waals surface area contributed by atoms with E-state index in [0.717, 1.165) is 11.3 Å². The third-order valence-corrected chi connectivity index (χ3v) is 2.39. The molecule has 3 N–H and O–H groups in total. The van der Waals surface area contributed by atoms with Crippen LogP contribution in [0.2, 0.25) is 0 Å². The number of amides is 1. The SMILES string of the molecule is Nc1nc(C(=O)Nc2cccc(F)n2)cs1. The first-order valence-electron chi connectivity index (χ1n) is 4.30. The molecule has 0 saturated carbocycles. The van der Waals surface area contributed by atoms with Crippen LogP contribution < -0.4 is 11.1 Å². The highest BCUT2D eigenvalue weighted by molar-refractivity contribution is 7.13. The number of pyridine rings is 1. The maximum atomic E-state index is 12.7. The van der Waals surface area contributed by atoms with Crippen molar-refractivity contribution < 1.29 is 9.18 Å². The van der Waals surface area contributed by atoms with Gasteiger partial charge in [-0.3, -0.25) is 4.79 Å². The molecule has 2 aromatic rings. The number of nitrogens with two attached hydrogens (primary N) is 1. The molecule has 5 nitrogen and oxygen atoms in total. The molecule has 0 aliphatic heterocycles. The fourth-order valence-corrected chi connectivity index (χ4v) is 1.59. The quantitative estimate of drug-likeness (QED) is 0.777. The maximum absolute atomic E-state index is 12.7. The van der Waals surface area contributed by atoms with E-state index in [0.29, 0.717) is 5.13 Å². The van der Waals surface area contributed by atoms with Crippen molar-refractivity contribution in [2.75, 3.05) is 11.1 Å². The van der Waals surface area contributed by atoms with Crippen molar-refractivity contribution >= 4 is 28.2 Å². The van der Waals surface area contributed by atoms with Gasteiger partial charge in [0.1, 0.15) is 11.5 Å². The molecule has 16 heavy (non-hydrogen) atoms. The topological polar surface area (TPSA) is 80.9 Å². The van der Waals surface area contributed by atoms with E-state index in [1.54, 1.807) is 0 Å². The van der Waals surface area contributed by atoms with Crippen molar-refractivity contribution in [3.05, 3.63) is 35.2 Å². The summed E-state index contributed by atoms with van der Waals surface area (Å²) in [7, 11) is 0. The molecule has 7 heteroatoms. The Labute approximate surface area is 94.1 Å². The highest BCUT2D eigenvalue weighted by Crippen LogP contribution is 2.12. The minimum absolute atomic E-state index is 0.136. The lowest BCUT2D eigenvalue weighted by Gasteiger charge is -2.01. The molecule has 0 aliphatic carbocycles. The van der Waals surface area contributed by atoms with Crippen molar-refractivity contribution in [2.24, 2.45) is 0 Å². The molecule has 0 aromatic carbocycles. The van der Waals surface area contributed by atoms with Crippen molar-refractivity contribution in [1.82, 2.24) is 9.97 Å². The van der Waals surface area contributed by atoms with Gasteiger partial charge in [-0.05, 0) is 12.1 Å². The summed E-state index contributed by atoms with van der Waals surface area (Å²) in [5, 5.41) is 4.23. The molecular formula is C9H7FN4OS. The van der Waals surface area contributed by atoms with Gasteiger partial charge in [-0.2, -0.15) is 4.39 Å². The third kappa shape index (κ3) is 2.31. The van der Waals surface area contributed by atoms with Crippen LogP contribution in [0, 0.1) is 5.95 Å². The number of hydrogen-bond acceptors (Lipinski definition) is 5. The zero-order valence-corrected chi connectivity index (χ0v) is 8.79. The number of nitrogens with one attached hydrogen (secondary N) is 1. The van der Waals surface area contributed by atoms with E-state index in [1.807, 2.05) is 0 Å². The first-order chi connectivity index (χ1) is 7.65. The van der Waals surface area contributed by atoms with Gasteiger partial charge in [0.2, 0.25) is 5.95 Å². The van der Waals surface area contributed by atoms with Gasteiger partial charge >= 0.3 is 0 Å². The van der Waals surface area contributed by atoms with Crippen molar-refractivity contribution in [2.45, 2.75) is 0 Å². The second-order valence-corrected chi connectivity index (χ2v) is 3.76. The number of thiazole rings is 1. The number of rotatable bonds is 2. The summed E-state index contributed by atoms with van der Waals surface area (Å²) in [6.07, 6.45) is 0. The molecule has 2 aromatic heterocycles. The fourth-order valence-electron chi connectivity index (χ4n) is 1.05. The second kappa shape index (κ2) is 4.23. The van der Waals surface area contributed by atoms with Gasteiger partial charge < -0.3 is 11.1 Å². The Morgan fingerprint density at radius 2 is 2.25 bits per heavy atom. The van der Waals surface area contributed by atoms with Gasteiger partial charge in [0.15, 0.2) is 5.13 Å². The molecule has 0 bridgehead atoms. The van der Waals surface area contributed by atoms with Crippen LogP contribution in [0.3, 0.4) is 0 Å². The molecule has 0 saturated heterocycles. The van der Waals surface area contributed by atoms with E-state index < -0.39 is 11.9 Å². The van der Waals surface area contributed by atoms with Gasteiger partial charge in [0, 0.05) is 5.38 Å². The molecule has 0 fully saturated rings. The zero-order chi connectivity index (χ0) is 11.5. The van der Waals surface area contributed by atoms with E-state index in [-0.39, 0.29) is 11.5 Å². The van der Waals surface area contributed by atoms with Crippen LogP contribution in [-0.4, -0.2) is 15.9 Å². The van der Waals surface area contributed by atoms with Crippen LogP contribution in [0.5, 0.6) is 0 Å². The van der Waals surface area contributed by atoms with E-state index in [1.165, 1.54) is 23.6 Å². The number of nitrogens with zero attached hydrogens (tertiary/aromatic N) is 2. The number of carbonyl (C=O) groups is 1. The van der Waals surface area contributed by atoms with Crippen LogP contribution >= 0.6 is 11.3 Å². The van der Waals surface area contributed by atoms with Gasteiger partial charge in [-0.1, -0.05) is 6.07 Å². The normalized spacial score (nSPS) is 10.1. The molecule has 82 valence electrons. The van der Waals surface area contributed by atoms with Crippen molar-refractivity contribution in [3.8, 4) is 0 Å². The number of halogens is 1. The molecule has 0 spiro atoms. The summed E-state index contributed by atoms with van der Waals surface area (Å²) in [6.45, 7) is 0. The van der Waals surface area contributed by atoms with Crippen LogP contribution in [-0.2, 0) is 0 Å². The molecular weight excluding hydrogens is 231 g/mol. The van der Waals surface area contributed by atoms with Gasteiger partial charge in [-0.25, -0.2) is 9.97 Å². The summed E-state index contributed by atoms with van der Waals surface area (Å²) in [4.78, 5) is 18.8.